The summed E-state index contributed by atoms with van der Waals surface area (Å²) < 4.78 is 4.89. The highest BCUT2D eigenvalue weighted by molar-refractivity contribution is 6.15. The molecule has 4 heteroatoms. The second-order valence-electron chi connectivity index (χ2n) is 18.1. The fourth-order valence-electron chi connectivity index (χ4n) is 11.4. The number of hydrogen-bond donors (Lipinski definition) is 0. The molecule has 3 aromatic heterocycles. The van der Waals surface area contributed by atoms with Crippen LogP contribution < -0.4 is 0 Å². The molecule has 0 N–H and O–H groups in total. The monoisotopic (exact) mass is 878 g/mol. The van der Waals surface area contributed by atoms with Gasteiger partial charge in [-0.15, -0.1) is 0 Å². The highest BCUT2D eigenvalue weighted by Gasteiger charge is 2.47. The maximum absolute atomic E-state index is 5.16. The second kappa shape index (κ2) is 15.5. The average Bonchev–Trinajstić information content (AvgIpc) is 4.04. The van der Waals surface area contributed by atoms with Gasteiger partial charge in [-0.1, -0.05) is 176 Å². The summed E-state index contributed by atoms with van der Waals surface area (Å²) in [6.45, 7) is 0. The van der Waals surface area contributed by atoms with E-state index in [-0.39, 0.29) is 0 Å². The minimum absolute atomic E-state index is 0.629. The van der Waals surface area contributed by atoms with Gasteiger partial charge in [-0.2, -0.15) is 0 Å². The first-order valence-electron chi connectivity index (χ1n) is 23.7. The Bertz CT molecular complexity index is 3980. The molecule has 322 valence electrons. The summed E-state index contributed by atoms with van der Waals surface area (Å²) in [6, 6.07) is 92.4. The molecule has 1 aliphatic rings. The van der Waals surface area contributed by atoms with Crippen molar-refractivity contribution in [2.75, 3.05) is 0 Å². The van der Waals surface area contributed by atoms with Crippen molar-refractivity contribution in [1.82, 2.24) is 19.1 Å². The minimum Gasteiger partial charge on any atom is -0.309 e. The van der Waals surface area contributed by atoms with E-state index in [1.807, 2.05) is 12.1 Å². The number of aromatic nitrogens is 4. The molecule has 0 unspecified atom stereocenters. The summed E-state index contributed by atoms with van der Waals surface area (Å²) in [6.07, 6.45) is 0. The lowest BCUT2D eigenvalue weighted by Crippen LogP contribution is -2.28. The molecule has 0 amide bonds. The summed E-state index contributed by atoms with van der Waals surface area (Å²) in [4.78, 5) is 10.3. The van der Waals surface area contributed by atoms with Crippen LogP contribution in [0.4, 0.5) is 0 Å². The van der Waals surface area contributed by atoms with Gasteiger partial charge in [-0.05, 0) is 112 Å². The lowest BCUT2D eigenvalue weighted by molar-refractivity contribution is 0.769. The lowest BCUT2D eigenvalue weighted by atomic mass is 9.67. The quantitative estimate of drug-likeness (QED) is 0.160. The van der Waals surface area contributed by atoms with Crippen LogP contribution in [0.5, 0.6) is 0 Å². The molecule has 0 atom stereocenters. The molecule has 4 nitrogen and oxygen atoms in total. The standard InChI is InChI=1S/C65H42N4/c1-6-20-43(21-7-1)58-42-59(44-22-8-2-9-23-44)67-64(66-58)45-34-36-49(37-35-45)69-61-33-19-17-31-51(61)55-39-53-52-38-54-50-30-16-18-32-60(50)68(48-28-14-5-15-29-48)62(54)40-56(52)65(57(53)41-63(55)69,46-24-10-3-11-25-46)47-26-12-4-13-27-47/h1-42H. The van der Waals surface area contributed by atoms with Crippen LogP contribution in [0, 0.1) is 0 Å². The molecule has 14 rings (SSSR count). The minimum atomic E-state index is -0.629. The van der Waals surface area contributed by atoms with Crippen LogP contribution >= 0.6 is 0 Å². The molecule has 0 radical (unpaired) electrons. The van der Waals surface area contributed by atoms with Gasteiger partial charge in [0.25, 0.3) is 0 Å². The third-order valence-electron chi connectivity index (χ3n) is 14.4. The molecule has 1 aliphatic carbocycles. The van der Waals surface area contributed by atoms with Gasteiger partial charge < -0.3 is 9.13 Å². The molecule has 0 aliphatic heterocycles. The molecule has 0 fully saturated rings. The Labute approximate surface area is 399 Å². The number of fused-ring (bicyclic) bond motifs is 9. The van der Waals surface area contributed by atoms with Crippen LogP contribution in [0.25, 0.3) is 100 Å². The van der Waals surface area contributed by atoms with Crippen molar-refractivity contribution in [3.63, 3.8) is 0 Å². The molecular weight excluding hydrogens is 837 g/mol. The molecule has 13 aromatic rings. The van der Waals surface area contributed by atoms with Crippen molar-refractivity contribution in [3.05, 3.63) is 277 Å². The van der Waals surface area contributed by atoms with Crippen LogP contribution in [-0.2, 0) is 5.41 Å². The van der Waals surface area contributed by atoms with Crippen molar-refractivity contribution in [2.45, 2.75) is 5.41 Å². The third-order valence-corrected chi connectivity index (χ3v) is 14.4. The number of para-hydroxylation sites is 3. The maximum atomic E-state index is 5.16. The second-order valence-corrected chi connectivity index (χ2v) is 18.1. The summed E-state index contributed by atoms with van der Waals surface area (Å²) in [7, 11) is 0. The largest absolute Gasteiger partial charge is 0.309 e. The van der Waals surface area contributed by atoms with Crippen molar-refractivity contribution in [3.8, 4) is 56.4 Å². The first-order valence-corrected chi connectivity index (χ1v) is 23.7. The molecule has 0 bridgehead atoms. The third kappa shape index (κ3) is 5.95. The topological polar surface area (TPSA) is 35.6 Å². The number of benzene rings is 10. The van der Waals surface area contributed by atoms with E-state index >= 15 is 0 Å². The van der Waals surface area contributed by atoms with Gasteiger partial charge in [0.1, 0.15) is 0 Å². The predicted octanol–water partition coefficient (Wildman–Crippen LogP) is 16.0. The van der Waals surface area contributed by atoms with Crippen molar-refractivity contribution in [2.24, 2.45) is 0 Å². The Morgan fingerprint density at radius 1 is 0.290 bits per heavy atom. The highest BCUT2D eigenvalue weighted by Crippen LogP contribution is 2.59. The van der Waals surface area contributed by atoms with E-state index in [0.717, 1.165) is 50.5 Å². The maximum Gasteiger partial charge on any atom is 0.160 e. The Morgan fingerprint density at radius 3 is 1.14 bits per heavy atom. The molecular formula is C65H42N4. The van der Waals surface area contributed by atoms with Gasteiger partial charge in [0.15, 0.2) is 5.82 Å². The lowest BCUT2D eigenvalue weighted by Gasteiger charge is -2.34. The molecule has 0 saturated carbocycles. The zero-order chi connectivity index (χ0) is 45.5. The van der Waals surface area contributed by atoms with Gasteiger partial charge in [0, 0.05) is 49.6 Å². The first kappa shape index (κ1) is 39.1. The van der Waals surface area contributed by atoms with E-state index in [9.17, 15) is 0 Å². The summed E-state index contributed by atoms with van der Waals surface area (Å²) in [5.74, 6) is 0.690. The van der Waals surface area contributed by atoms with E-state index in [4.69, 9.17) is 9.97 Å². The van der Waals surface area contributed by atoms with Gasteiger partial charge in [0.2, 0.25) is 0 Å². The predicted molar refractivity (Wildman–Crippen MR) is 284 cm³/mol. The van der Waals surface area contributed by atoms with E-state index in [1.165, 1.54) is 66.0 Å². The molecule has 69 heavy (non-hydrogen) atoms. The van der Waals surface area contributed by atoms with Gasteiger partial charge in [-0.3, -0.25) is 0 Å². The zero-order valence-corrected chi connectivity index (χ0v) is 37.5. The van der Waals surface area contributed by atoms with Crippen LogP contribution in [0.1, 0.15) is 22.3 Å². The van der Waals surface area contributed by atoms with Gasteiger partial charge in [-0.25, -0.2) is 9.97 Å². The molecule has 0 saturated heterocycles. The van der Waals surface area contributed by atoms with E-state index < -0.39 is 5.41 Å². The van der Waals surface area contributed by atoms with Gasteiger partial charge >= 0.3 is 0 Å². The Balaban J connectivity index is 1.02. The highest BCUT2D eigenvalue weighted by atomic mass is 15.0. The van der Waals surface area contributed by atoms with Crippen molar-refractivity contribution < 1.29 is 0 Å². The van der Waals surface area contributed by atoms with E-state index in [0.29, 0.717) is 5.82 Å². The number of hydrogen-bond acceptors (Lipinski definition) is 2. The van der Waals surface area contributed by atoms with E-state index in [1.54, 1.807) is 0 Å². The fraction of sp³-hybridized carbons (Fsp3) is 0.0154. The van der Waals surface area contributed by atoms with Crippen LogP contribution in [0.15, 0.2) is 255 Å². The molecule has 0 spiro atoms. The smallest absolute Gasteiger partial charge is 0.160 e. The fourth-order valence-corrected chi connectivity index (χ4v) is 11.4. The number of rotatable bonds is 7. The Kier molecular flexibility index (Phi) is 8.77. The number of nitrogens with zero attached hydrogens (tertiary/aromatic N) is 4. The summed E-state index contributed by atoms with van der Waals surface area (Å²) in [5.41, 5.74) is 18.7. The normalized spacial score (nSPS) is 12.8. The van der Waals surface area contributed by atoms with Crippen LogP contribution in [-0.4, -0.2) is 19.1 Å². The zero-order valence-electron chi connectivity index (χ0n) is 37.5. The molecule has 3 heterocycles. The van der Waals surface area contributed by atoms with Crippen molar-refractivity contribution in [1.29, 1.82) is 0 Å². The van der Waals surface area contributed by atoms with Crippen LogP contribution in [0.2, 0.25) is 0 Å². The van der Waals surface area contributed by atoms with E-state index in [2.05, 4.69) is 252 Å². The van der Waals surface area contributed by atoms with Gasteiger partial charge in [0.05, 0.1) is 38.9 Å². The first-order chi connectivity index (χ1) is 34.2. The Morgan fingerprint density at radius 2 is 0.681 bits per heavy atom. The Hall–Kier alpha value is -9.12. The van der Waals surface area contributed by atoms with Crippen LogP contribution in [0.3, 0.4) is 0 Å². The average molecular weight is 879 g/mol. The summed E-state index contributed by atoms with van der Waals surface area (Å²) >= 11 is 0. The molecule has 10 aromatic carbocycles. The SMILES string of the molecule is c1ccc(-c2cc(-c3ccccc3)nc(-c3ccc(-n4c5ccccc5c5cc6c(cc54)C(c4ccccc4)(c4ccccc4)c4cc5c(cc4-6)c4ccccc4n5-c4ccccc4)cc3)n2)cc1. The summed E-state index contributed by atoms with van der Waals surface area (Å²) in [5, 5.41) is 4.92. The van der Waals surface area contributed by atoms with Crippen molar-refractivity contribution >= 4 is 43.6 Å².